The van der Waals surface area contributed by atoms with Crippen LogP contribution < -0.4 is 9.47 Å². The summed E-state index contributed by atoms with van der Waals surface area (Å²) < 4.78 is 11.3. The molecule has 0 bridgehead atoms. The van der Waals surface area contributed by atoms with Gasteiger partial charge in [-0.05, 0) is 58.4 Å². The van der Waals surface area contributed by atoms with Gasteiger partial charge in [0.15, 0.2) is 11.5 Å². The lowest BCUT2D eigenvalue weighted by Gasteiger charge is -2.40. The summed E-state index contributed by atoms with van der Waals surface area (Å²) in [5.41, 5.74) is 7.83. The van der Waals surface area contributed by atoms with Crippen LogP contribution in [0.15, 0.2) is 85.5 Å². The van der Waals surface area contributed by atoms with Crippen LogP contribution in [-0.2, 0) is 6.42 Å². The summed E-state index contributed by atoms with van der Waals surface area (Å²) in [6.07, 6.45) is 6.39. The molecule has 0 amide bonds. The summed E-state index contributed by atoms with van der Waals surface area (Å²) in [5.74, 6) is 1.58. The second kappa shape index (κ2) is 8.68. The first-order valence-corrected chi connectivity index (χ1v) is 11.2. The van der Waals surface area contributed by atoms with Crippen molar-refractivity contribution < 1.29 is 9.47 Å². The van der Waals surface area contributed by atoms with E-state index in [1.54, 1.807) is 14.2 Å². The number of hydrogen-bond acceptors (Lipinski definition) is 3. The first-order chi connectivity index (χ1) is 15.7. The molecule has 5 rings (SSSR count). The van der Waals surface area contributed by atoms with Crippen LogP contribution in [0.4, 0.5) is 0 Å². The van der Waals surface area contributed by atoms with Gasteiger partial charge in [-0.15, -0.1) is 6.58 Å². The molecule has 0 aromatic heterocycles. The Balaban J connectivity index is 1.76. The highest BCUT2D eigenvalue weighted by molar-refractivity contribution is 5.83. The third-order valence-corrected chi connectivity index (χ3v) is 6.77. The smallest absolute Gasteiger partial charge is 0.161 e. The molecule has 0 spiro atoms. The molecule has 0 radical (unpaired) electrons. The molecule has 0 aliphatic carbocycles. The predicted octanol–water partition coefficient (Wildman–Crippen LogP) is 6.37. The fourth-order valence-corrected chi connectivity index (χ4v) is 5.28. The van der Waals surface area contributed by atoms with Crippen molar-refractivity contribution in [3.8, 4) is 11.5 Å². The minimum Gasteiger partial charge on any atom is -0.493 e. The van der Waals surface area contributed by atoms with E-state index in [4.69, 9.17) is 9.47 Å². The van der Waals surface area contributed by atoms with Crippen LogP contribution in [0.2, 0.25) is 0 Å². The zero-order valence-corrected chi connectivity index (χ0v) is 18.8. The summed E-state index contributed by atoms with van der Waals surface area (Å²) in [4.78, 5) is 2.63. The second-order valence-electron chi connectivity index (χ2n) is 8.41. The molecule has 0 fully saturated rings. The zero-order valence-electron chi connectivity index (χ0n) is 18.8. The van der Waals surface area contributed by atoms with Gasteiger partial charge in [-0.3, -0.25) is 4.90 Å². The molecule has 32 heavy (non-hydrogen) atoms. The Morgan fingerprint density at radius 2 is 1.66 bits per heavy atom. The Morgan fingerprint density at radius 3 is 2.41 bits per heavy atom. The molecule has 0 N–H and O–H groups in total. The summed E-state index contributed by atoms with van der Waals surface area (Å²) in [6.45, 7) is 5.07. The van der Waals surface area contributed by atoms with Gasteiger partial charge in [-0.25, -0.2) is 0 Å². The van der Waals surface area contributed by atoms with E-state index in [1.807, 2.05) is 0 Å². The molecule has 1 unspecified atom stereocenters. The predicted molar refractivity (Wildman–Crippen MR) is 130 cm³/mol. The molecule has 2 aliphatic heterocycles. The minimum atomic E-state index is 0.145. The van der Waals surface area contributed by atoms with Crippen LogP contribution in [-0.4, -0.2) is 25.7 Å². The number of fused-ring (bicyclic) bond motifs is 4. The van der Waals surface area contributed by atoms with Crippen LogP contribution >= 0.6 is 0 Å². The summed E-state index contributed by atoms with van der Waals surface area (Å²) in [6, 6.07) is 24.3. The SMILES string of the molecule is C=CC[C@@H]1c2ccccc2C(c2ccccc2)=CC2c3cc(OC)c(OC)cc3CCN21. The summed E-state index contributed by atoms with van der Waals surface area (Å²) in [5, 5.41) is 0. The number of hydrogen-bond donors (Lipinski definition) is 0. The van der Waals surface area contributed by atoms with E-state index < -0.39 is 0 Å². The summed E-state index contributed by atoms with van der Waals surface area (Å²) in [7, 11) is 3.41. The summed E-state index contributed by atoms with van der Waals surface area (Å²) >= 11 is 0. The van der Waals surface area contributed by atoms with Crippen LogP contribution in [0.1, 0.15) is 46.3 Å². The molecule has 3 aromatic carbocycles. The van der Waals surface area contributed by atoms with Crippen molar-refractivity contribution in [3.63, 3.8) is 0 Å². The number of benzene rings is 3. The molecule has 2 atom stereocenters. The van der Waals surface area contributed by atoms with Crippen molar-refractivity contribution in [3.05, 3.63) is 113 Å². The molecule has 162 valence electrons. The zero-order chi connectivity index (χ0) is 22.1. The van der Waals surface area contributed by atoms with Gasteiger partial charge in [-0.1, -0.05) is 66.7 Å². The monoisotopic (exact) mass is 423 g/mol. The van der Waals surface area contributed by atoms with Crippen LogP contribution in [0.5, 0.6) is 11.5 Å². The fraction of sp³-hybridized carbons (Fsp3) is 0.241. The van der Waals surface area contributed by atoms with E-state index in [2.05, 4.69) is 90.4 Å². The maximum Gasteiger partial charge on any atom is 0.161 e. The topological polar surface area (TPSA) is 21.7 Å². The standard InChI is InChI=1S/C29H29NO2/c1-4-10-26-23-14-9-8-13-22(23)24(20-11-6-5-7-12-20)18-27-25-19-29(32-3)28(31-2)17-21(25)15-16-30(26)27/h4-9,11-14,17-19,26-27H,1,10,15-16H2,2-3H3/t26-,27?/m1/s1. The quantitative estimate of drug-likeness (QED) is 0.445. The molecule has 2 aliphatic rings. The molecular formula is C29H29NO2. The van der Waals surface area contributed by atoms with Crippen molar-refractivity contribution >= 4 is 5.57 Å². The molecule has 3 heteroatoms. The van der Waals surface area contributed by atoms with E-state index in [9.17, 15) is 0 Å². The van der Waals surface area contributed by atoms with Crippen LogP contribution in [0.3, 0.4) is 0 Å². The fourth-order valence-electron chi connectivity index (χ4n) is 5.28. The first kappa shape index (κ1) is 20.6. The lowest BCUT2D eigenvalue weighted by molar-refractivity contribution is 0.152. The Hall–Kier alpha value is -3.30. The highest BCUT2D eigenvalue weighted by atomic mass is 16.5. The van der Waals surface area contributed by atoms with Gasteiger partial charge in [0.25, 0.3) is 0 Å². The van der Waals surface area contributed by atoms with Gasteiger partial charge in [0, 0.05) is 12.6 Å². The maximum absolute atomic E-state index is 5.68. The molecule has 3 aromatic rings. The molecule has 2 heterocycles. The van der Waals surface area contributed by atoms with E-state index in [-0.39, 0.29) is 12.1 Å². The van der Waals surface area contributed by atoms with Gasteiger partial charge in [0.2, 0.25) is 0 Å². The van der Waals surface area contributed by atoms with E-state index in [1.165, 1.54) is 33.4 Å². The van der Waals surface area contributed by atoms with Crippen LogP contribution in [0.25, 0.3) is 5.57 Å². The number of methoxy groups -OCH3 is 2. The Labute approximate surface area is 190 Å². The number of nitrogens with zero attached hydrogens (tertiary/aromatic N) is 1. The minimum absolute atomic E-state index is 0.145. The lowest BCUT2D eigenvalue weighted by atomic mass is 9.89. The maximum atomic E-state index is 5.68. The highest BCUT2D eigenvalue weighted by Gasteiger charge is 2.36. The van der Waals surface area contributed by atoms with E-state index >= 15 is 0 Å². The van der Waals surface area contributed by atoms with Gasteiger partial charge >= 0.3 is 0 Å². The number of ether oxygens (including phenoxy) is 2. The van der Waals surface area contributed by atoms with E-state index in [0.29, 0.717) is 0 Å². The molecule has 0 saturated carbocycles. The largest absolute Gasteiger partial charge is 0.493 e. The Kier molecular flexibility index (Phi) is 5.59. The second-order valence-corrected chi connectivity index (χ2v) is 8.41. The van der Waals surface area contributed by atoms with Gasteiger partial charge in [0.1, 0.15) is 0 Å². The third-order valence-electron chi connectivity index (χ3n) is 6.77. The molecule has 0 saturated heterocycles. The Morgan fingerprint density at radius 1 is 0.938 bits per heavy atom. The van der Waals surface area contributed by atoms with Crippen molar-refractivity contribution in [1.82, 2.24) is 4.90 Å². The first-order valence-electron chi connectivity index (χ1n) is 11.2. The van der Waals surface area contributed by atoms with Crippen molar-refractivity contribution in [2.45, 2.75) is 24.9 Å². The average molecular weight is 424 g/mol. The molecule has 3 nitrogen and oxygen atoms in total. The van der Waals surface area contributed by atoms with Crippen molar-refractivity contribution in [2.75, 3.05) is 20.8 Å². The highest BCUT2D eigenvalue weighted by Crippen LogP contribution is 2.47. The van der Waals surface area contributed by atoms with Gasteiger partial charge in [-0.2, -0.15) is 0 Å². The van der Waals surface area contributed by atoms with Crippen LogP contribution in [0, 0.1) is 0 Å². The lowest BCUT2D eigenvalue weighted by Crippen LogP contribution is -2.37. The Bertz CT molecular complexity index is 1170. The number of rotatable bonds is 5. The van der Waals surface area contributed by atoms with E-state index in [0.717, 1.165) is 30.9 Å². The van der Waals surface area contributed by atoms with Crippen molar-refractivity contribution in [2.24, 2.45) is 0 Å². The van der Waals surface area contributed by atoms with Crippen molar-refractivity contribution in [1.29, 1.82) is 0 Å². The van der Waals surface area contributed by atoms with Gasteiger partial charge in [0.05, 0.1) is 20.3 Å². The third kappa shape index (κ3) is 3.43. The van der Waals surface area contributed by atoms with Gasteiger partial charge < -0.3 is 9.47 Å². The normalized spacial score (nSPS) is 19.6. The average Bonchev–Trinajstić information content (AvgIpc) is 2.99. The molecular weight excluding hydrogens is 394 g/mol.